The molecule has 4 rings (SSSR count). The number of halogens is 3. The highest BCUT2D eigenvalue weighted by Crippen LogP contribution is 2.40. The molecule has 1 aromatic carbocycles. The zero-order valence-corrected chi connectivity index (χ0v) is 16.2. The van der Waals surface area contributed by atoms with Crippen molar-refractivity contribution in [1.29, 1.82) is 0 Å². The fourth-order valence-electron chi connectivity index (χ4n) is 3.63. The van der Waals surface area contributed by atoms with Crippen molar-refractivity contribution in [2.75, 3.05) is 18.0 Å². The van der Waals surface area contributed by atoms with Gasteiger partial charge in [-0.25, -0.2) is 9.97 Å². The molecule has 2 aromatic rings. The van der Waals surface area contributed by atoms with E-state index < -0.39 is 6.61 Å². The van der Waals surface area contributed by atoms with Crippen molar-refractivity contribution in [2.45, 2.75) is 39.5 Å². The highest BCUT2D eigenvalue weighted by atomic mass is 35.5. The largest absolute Gasteiger partial charge is 0.433 e. The first-order valence-corrected chi connectivity index (χ1v) is 9.40. The monoisotopic (exact) mass is 408 g/mol. The van der Waals surface area contributed by atoms with Crippen LogP contribution in [-0.4, -0.2) is 40.5 Å². The molecule has 0 bridgehead atoms. The molecule has 1 saturated heterocycles. The second-order valence-corrected chi connectivity index (χ2v) is 7.34. The summed E-state index contributed by atoms with van der Waals surface area (Å²) >= 11 is 5.89. The molecule has 28 heavy (non-hydrogen) atoms. The molecule has 0 spiro atoms. The lowest BCUT2D eigenvalue weighted by Crippen LogP contribution is -2.39. The van der Waals surface area contributed by atoms with Gasteiger partial charge in [-0.15, -0.1) is 0 Å². The van der Waals surface area contributed by atoms with Gasteiger partial charge in [-0.2, -0.15) is 8.78 Å². The third-order valence-electron chi connectivity index (χ3n) is 5.13. The topological polar surface area (TPSA) is 58.6 Å². The number of anilines is 1. The molecule has 2 aliphatic rings. The number of ether oxygens (including phenoxy) is 1. The fourth-order valence-corrected chi connectivity index (χ4v) is 3.79. The number of rotatable bonds is 4. The summed E-state index contributed by atoms with van der Waals surface area (Å²) in [6, 6.07) is 3.91. The Hall–Kier alpha value is -2.48. The average molecular weight is 409 g/mol. The normalized spacial score (nSPS) is 18.3. The predicted molar refractivity (Wildman–Crippen MR) is 100.0 cm³/mol. The van der Waals surface area contributed by atoms with Gasteiger partial charge in [-0.05, 0) is 38.5 Å². The Morgan fingerprint density at radius 3 is 2.71 bits per heavy atom. The Labute approximate surface area is 166 Å². The minimum atomic E-state index is -3.02. The molecule has 1 fully saturated rings. The van der Waals surface area contributed by atoms with Gasteiger partial charge in [0.1, 0.15) is 17.4 Å². The highest BCUT2D eigenvalue weighted by Gasteiger charge is 2.37. The van der Waals surface area contributed by atoms with Crippen molar-refractivity contribution in [1.82, 2.24) is 14.9 Å². The Morgan fingerprint density at radius 2 is 2.07 bits per heavy atom. The molecule has 148 valence electrons. The van der Waals surface area contributed by atoms with E-state index in [9.17, 15) is 13.6 Å². The van der Waals surface area contributed by atoms with E-state index in [1.54, 1.807) is 4.90 Å². The second kappa shape index (κ2) is 7.16. The Bertz CT molecular complexity index is 936. The Morgan fingerprint density at radius 1 is 1.32 bits per heavy atom. The summed E-state index contributed by atoms with van der Waals surface area (Å²) in [6.45, 7) is 2.97. The van der Waals surface area contributed by atoms with Crippen LogP contribution in [0.5, 0.6) is 5.75 Å². The quantitative estimate of drug-likeness (QED) is 0.766. The van der Waals surface area contributed by atoms with E-state index in [0.29, 0.717) is 12.4 Å². The van der Waals surface area contributed by atoms with Crippen molar-refractivity contribution in [2.24, 2.45) is 0 Å². The van der Waals surface area contributed by atoms with E-state index in [1.165, 1.54) is 18.2 Å². The first-order valence-electron chi connectivity index (χ1n) is 9.03. The van der Waals surface area contributed by atoms with Crippen LogP contribution in [0.3, 0.4) is 0 Å². The third-order valence-corrected chi connectivity index (χ3v) is 5.44. The second-order valence-electron chi connectivity index (χ2n) is 6.93. The maximum atomic E-state index is 13.1. The first kappa shape index (κ1) is 18.9. The number of amides is 1. The minimum Gasteiger partial charge on any atom is -0.433 e. The summed E-state index contributed by atoms with van der Waals surface area (Å²) in [5.74, 6) is 1.04. The highest BCUT2D eigenvalue weighted by molar-refractivity contribution is 6.32. The van der Waals surface area contributed by atoms with Gasteiger partial charge in [-0.3, -0.25) is 4.79 Å². The van der Waals surface area contributed by atoms with Crippen LogP contribution in [-0.2, 0) is 6.54 Å². The molecule has 1 aromatic heterocycles. The Kier molecular flexibility index (Phi) is 4.82. The molecule has 0 radical (unpaired) electrons. The molecule has 0 saturated carbocycles. The van der Waals surface area contributed by atoms with Crippen molar-refractivity contribution < 1.29 is 18.3 Å². The lowest BCUT2D eigenvalue weighted by atomic mass is 10.1. The van der Waals surface area contributed by atoms with Crippen molar-refractivity contribution >= 4 is 23.3 Å². The number of aryl methyl sites for hydroxylation is 1. The summed E-state index contributed by atoms with van der Waals surface area (Å²) in [5, 5.41) is 0.0242. The number of carbonyl (C=O) groups excluding carboxylic acids is 1. The van der Waals surface area contributed by atoms with E-state index in [-0.39, 0.29) is 28.3 Å². The van der Waals surface area contributed by atoms with Crippen molar-refractivity contribution in [3.63, 3.8) is 0 Å². The van der Waals surface area contributed by atoms with Crippen LogP contribution in [0.1, 0.15) is 46.8 Å². The molecule has 0 unspecified atom stereocenters. The maximum absolute atomic E-state index is 13.1. The summed E-state index contributed by atoms with van der Waals surface area (Å²) in [7, 11) is 0. The number of hydrogen-bond donors (Lipinski definition) is 0. The standard InChI is InChI=1S/C19H19ClF2N4O2/c1-10-16-14(23-11(2)24-17(16)25-6-3-7-25)9-26(10)18(27)12-4-5-13(20)15(8-12)28-19(21)22/h4-5,8,10,19H,3,6-7,9H2,1-2H3/t10-/m1/s1. The van der Waals surface area contributed by atoms with Gasteiger partial charge in [0.15, 0.2) is 0 Å². The molecule has 0 N–H and O–H groups in total. The Balaban J connectivity index is 1.64. The van der Waals surface area contributed by atoms with Crippen LogP contribution < -0.4 is 9.64 Å². The lowest BCUT2D eigenvalue weighted by molar-refractivity contribution is -0.0498. The number of benzene rings is 1. The van der Waals surface area contributed by atoms with Crippen molar-refractivity contribution in [3.8, 4) is 5.75 Å². The summed E-state index contributed by atoms with van der Waals surface area (Å²) in [4.78, 5) is 26.1. The molecule has 0 aliphatic carbocycles. The maximum Gasteiger partial charge on any atom is 0.387 e. The van der Waals surface area contributed by atoms with Gasteiger partial charge < -0.3 is 14.5 Å². The van der Waals surface area contributed by atoms with E-state index in [4.69, 9.17) is 11.6 Å². The predicted octanol–water partition coefficient (Wildman–Crippen LogP) is 3.97. The van der Waals surface area contributed by atoms with Crippen LogP contribution >= 0.6 is 11.6 Å². The van der Waals surface area contributed by atoms with Crippen LogP contribution in [0.15, 0.2) is 18.2 Å². The van der Waals surface area contributed by atoms with Gasteiger partial charge in [0.25, 0.3) is 5.91 Å². The summed E-state index contributed by atoms with van der Waals surface area (Å²) < 4.78 is 29.6. The smallest absolute Gasteiger partial charge is 0.387 e. The van der Waals surface area contributed by atoms with E-state index >= 15 is 0 Å². The van der Waals surface area contributed by atoms with Gasteiger partial charge in [0.2, 0.25) is 0 Å². The van der Waals surface area contributed by atoms with Crippen molar-refractivity contribution in [3.05, 3.63) is 45.9 Å². The van der Waals surface area contributed by atoms with Gasteiger partial charge >= 0.3 is 6.61 Å². The first-order chi connectivity index (χ1) is 13.3. The van der Waals surface area contributed by atoms with Gasteiger partial charge in [-0.1, -0.05) is 11.6 Å². The van der Waals surface area contributed by atoms with Gasteiger partial charge in [0.05, 0.1) is 23.3 Å². The number of carbonyl (C=O) groups is 1. The zero-order chi connectivity index (χ0) is 20.0. The zero-order valence-electron chi connectivity index (χ0n) is 15.5. The van der Waals surface area contributed by atoms with Crippen LogP contribution in [0.2, 0.25) is 5.02 Å². The molecule has 2 aliphatic heterocycles. The molecule has 6 nitrogen and oxygen atoms in total. The number of fused-ring (bicyclic) bond motifs is 1. The lowest BCUT2D eigenvalue weighted by Gasteiger charge is -2.34. The fraction of sp³-hybridized carbons (Fsp3) is 0.421. The van der Waals surface area contributed by atoms with E-state index in [0.717, 1.165) is 36.6 Å². The summed E-state index contributed by atoms with van der Waals surface area (Å²) in [5.41, 5.74) is 2.01. The minimum absolute atomic E-state index is 0.0242. The number of nitrogens with zero attached hydrogens (tertiary/aromatic N) is 4. The average Bonchev–Trinajstić information content (AvgIpc) is 2.90. The molecule has 3 heterocycles. The van der Waals surface area contributed by atoms with Crippen LogP contribution in [0.4, 0.5) is 14.6 Å². The third kappa shape index (κ3) is 3.26. The molecule has 9 heteroatoms. The number of aromatic nitrogens is 2. The summed E-state index contributed by atoms with van der Waals surface area (Å²) in [6.07, 6.45) is 1.12. The number of hydrogen-bond acceptors (Lipinski definition) is 5. The number of alkyl halides is 2. The molecular weight excluding hydrogens is 390 g/mol. The van der Waals surface area contributed by atoms with Crippen LogP contribution in [0.25, 0.3) is 0 Å². The molecular formula is C19H19ClF2N4O2. The molecule has 1 atom stereocenters. The molecule has 1 amide bonds. The van der Waals surface area contributed by atoms with E-state index in [1.807, 2.05) is 13.8 Å². The van der Waals surface area contributed by atoms with Crippen LogP contribution in [0, 0.1) is 6.92 Å². The SMILES string of the molecule is Cc1nc2c(c(N3CCC3)n1)[C@@H](C)N(C(=O)c1ccc(Cl)c(OC(F)F)c1)C2. The van der Waals surface area contributed by atoms with Gasteiger partial charge in [0, 0.05) is 24.2 Å². The van der Waals surface area contributed by atoms with E-state index in [2.05, 4.69) is 19.6 Å².